The van der Waals surface area contributed by atoms with E-state index in [1.54, 1.807) is 6.20 Å². The summed E-state index contributed by atoms with van der Waals surface area (Å²) in [6.07, 6.45) is -1.69. The van der Waals surface area contributed by atoms with Crippen molar-refractivity contribution in [3.63, 3.8) is 0 Å². The molecule has 0 amide bonds. The van der Waals surface area contributed by atoms with Crippen molar-refractivity contribution >= 4 is 0 Å². The first-order chi connectivity index (χ1) is 10.0. The van der Waals surface area contributed by atoms with Gasteiger partial charge in [0, 0.05) is 6.20 Å². The molecule has 2 aromatic rings. The largest absolute Gasteiger partial charge is 0.416 e. The molecule has 21 heavy (non-hydrogen) atoms. The van der Waals surface area contributed by atoms with Crippen molar-refractivity contribution in [3.8, 4) is 0 Å². The van der Waals surface area contributed by atoms with Crippen LogP contribution in [0.5, 0.6) is 0 Å². The molecule has 0 aliphatic carbocycles. The number of nitrogens with zero attached hydrogens (tertiary/aromatic N) is 1. The highest BCUT2D eigenvalue weighted by Crippen LogP contribution is 2.30. The highest BCUT2D eigenvalue weighted by molar-refractivity contribution is 5.31. The van der Waals surface area contributed by atoms with Gasteiger partial charge >= 0.3 is 6.18 Å². The zero-order valence-electron chi connectivity index (χ0n) is 11.7. The molecule has 5 heteroatoms. The van der Waals surface area contributed by atoms with Gasteiger partial charge in [-0.15, -0.1) is 0 Å². The van der Waals surface area contributed by atoms with Gasteiger partial charge in [-0.1, -0.05) is 25.1 Å². The number of benzene rings is 1. The molecule has 0 fully saturated rings. The van der Waals surface area contributed by atoms with Gasteiger partial charge in [0.1, 0.15) is 0 Å². The molecule has 0 aliphatic heterocycles. The van der Waals surface area contributed by atoms with Crippen LogP contribution < -0.4 is 5.32 Å². The van der Waals surface area contributed by atoms with Crippen molar-refractivity contribution < 1.29 is 13.2 Å². The Morgan fingerprint density at radius 1 is 1.10 bits per heavy atom. The van der Waals surface area contributed by atoms with Crippen LogP contribution >= 0.6 is 0 Å². The van der Waals surface area contributed by atoms with Crippen LogP contribution in [0.25, 0.3) is 0 Å². The van der Waals surface area contributed by atoms with Crippen LogP contribution in [0.4, 0.5) is 13.2 Å². The number of aromatic nitrogens is 1. The van der Waals surface area contributed by atoms with E-state index in [2.05, 4.69) is 10.3 Å². The molecule has 0 aliphatic rings. The molecular weight excluding hydrogens is 277 g/mol. The van der Waals surface area contributed by atoms with Gasteiger partial charge in [-0.3, -0.25) is 4.98 Å². The van der Waals surface area contributed by atoms with E-state index >= 15 is 0 Å². The van der Waals surface area contributed by atoms with Crippen LogP contribution in [0.3, 0.4) is 0 Å². The number of pyridine rings is 1. The summed E-state index contributed by atoms with van der Waals surface area (Å²) in [6.45, 7) is 2.80. The first-order valence-electron chi connectivity index (χ1n) is 6.84. The normalized spacial score (nSPS) is 13.1. The third-order valence-corrected chi connectivity index (χ3v) is 3.15. The number of halogens is 3. The molecular formula is C16H17F3N2. The van der Waals surface area contributed by atoms with Gasteiger partial charge in [0.05, 0.1) is 17.3 Å². The van der Waals surface area contributed by atoms with Gasteiger partial charge in [-0.25, -0.2) is 0 Å². The summed E-state index contributed by atoms with van der Waals surface area (Å²) >= 11 is 0. The third kappa shape index (κ3) is 4.04. The van der Waals surface area contributed by atoms with Crippen molar-refractivity contribution in [2.75, 3.05) is 6.54 Å². The first-order valence-corrected chi connectivity index (χ1v) is 6.84. The van der Waals surface area contributed by atoms with E-state index in [0.717, 1.165) is 36.4 Å². The van der Waals surface area contributed by atoms with Crippen LogP contribution in [0, 0.1) is 0 Å². The molecule has 1 aromatic heterocycles. The maximum Gasteiger partial charge on any atom is 0.416 e. The minimum absolute atomic E-state index is 0.201. The molecule has 0 bridgehead atoms. The highest BCUT2D eigenvalue weighted by atomic mass is 19.4. The fourth-order valence-corrected chi connectivity index (χ4v) is 2.09. The molecule has 2 nitrogen and oxygen atoms in total. The Bertz CT molecular complexity index is 550. The van der Waals surface area contributed by atoms with Gasteiger partial charge in [0.15, 0.2) is 0 Å². The number of nitrogens with one attached hydrogen (secondary N) is 1. The van der Waals surface area contributed by atoms with E-state index < -0.39 is 11.7 Å². The van der Waals surface area contributed by atoms with Crippen molar-refractivity contribution in [1.82, 2.24) is 10.3 Å². The second-order valence-corrected chi connectivity index (χ2v) is 4.76. The first kappa shape index (κ1) is 15.5. The monoisotopic (exact) mass is 294 g/mol. The smallest absolute Gasteiger partial charge is 0.305 e. The topological polar surface area (TPSA) is 24.9 Å². The van der Waals surface area contributed by atoms with Gasteiger partial charge in [0.25, 0.3) is 0 Å². The maximum absolute atomic E-state index is 12.6. The third-order valence-electron chi connectivity index (χ3n) is 3.15. The van der Waals surface area contributed by atoms with Gasteiger partial charge in [-0.2, -0.15) is 13.2 Å². The standard InChI is InChI=1S/C16H17F3N2/c1-2-10-21-15(14-5-3-4-11-20-14)12-6-8-13(9-7-12)16(17,18)19/h3-9,11,15,21H,2,10H2,1H3. The quantitative estimate of drug-likeness (QED) is 0.894. The molecule has 1 unspecified atom stereocenters. The lowest BCUT2D eigenvalue weighted by atomic mass is 10.0. The SMILES string of the molecule is CCCNC(c1ccc(C(F)(F)F)cc1)c1ccccn1. The minimum atomic E-state index is -4.31. The maximum atomic E-state index is 12.6. The van der Waals surface area contributed by atoms with Crippen molar-refractivity contribution in [1.29, 1.82) is 0 Å². The molecule has 0 spiro atoms. The van der Waals surface area contributed by atoms with Crippen LogP contribution in [-0.4, -0.2) is 11.5 Å². The molecule has 1 heterocycles. The summed E-state index contributed by atoms with van der Waals surface area (Å²) in [5.41, 5.74) is 0.933. The molecule has 112 valence electrons. The number of hydrogen-bond donors (Lipinski definition) is 1. The fraction of sp³-hybridized carbons (Fsp3) is 0.312. The molecule has 0 radical (unpaired) electrons. The fourth-order valence-electron chi connectivity index (χ4n) is 2.09. The summed E-state index contributed by atoms with van der Waals surface area (Å²) in [7, 11) is 0. The second-order valence-electron chi connectivity index (χ2n) is 4.76. The predicted molar refractivity (Wildman–Crippen MR) is 75.8 cm³/mol. The lowest BCUT2D eigenvalue weighted by Gasteiger charge is -2.19. The van der Waals surface area contributed by atoms with Crippen LogP contribution in [-0.2, 0) is 6.18 Å². The van der Waals surface area contributed by atoms with Crippen molar-refractivity contribution in [3.05, 3.63) is 65.5 Å². The van der Waals surface area contributed by atoms with E-state index in [4.69, 9.17) is 0 Å². The Kier molecular flexibility index (Phi) is 4.96. The van der Waals surface area contributed by atoms with Crippen LogP contribution in [0.2, 0.25) is 0 Å². The zero-order valence-corrected chi connectivity index (χ0v) is 11.7. The van der Waals surface area contributed by atoms with E-state index in [1.807, 2.05) is 25.1 Å². The van der Waals surface area contributed by atoms with E-state index in [-0.39, 0.29) is 6.04 Å². The summed E-state index contributed by atoms with van der Waals surface area (Å²) in [4.78, 5) is 4.29. The molecule has 2 rings (SSSR count). The predicted octanol–water partition coefficient (Wildman–Crippen LogP) is 4.19. The molecule has 0 saturated heterocycles. The summed E-state index contributed by atoms with van der Waals surface area (Å²) in [5, 5.41) is 3.32. The Morgan fingerprint density at radius 3 is 2.33 bits per heavy atom. The lowest BCUT2D eigenvalue weighted by molar-refractivity contribution is -0.137. The Morgan fingerprint density at radius 2 is 1.81 bits per heavy atom. The van der Waals surface area contributed by atoms with E-state index in [9.17, 15) is 13.2 Å². The molecule has 1 N–H and O–H groups in total. The average Bonchev–Trinajstić information content (AvgIpc) is 2.48. The number of hydrogen-bond acceptors (Lipinski definition) is 2. The second kappa shape index (κ2) is 6.72. The van der Waals surface area contributed by atoms with Crippen LogP contribution in [0.1, 0.15) is 36.2 Å². The van der Waals surface area contributed by atoms with Gasteiger partial charge < -0.3 is 5.32 Å². The summed E-state index contributed by atoms with van der Waals surface area (Å²) < 4.78 is 37.9. The van der Waals surface area contributed by atoms with Crippen molar-refractivity contribution in [2.24, 2.45) is 0 Å². The van der Waals surface area contributed by atoms with E-state index in [0.29, 0.717) is 0 Å². The van der Waals surface area contributed by atoms with E-state index in [1.165, 1.54) is 12.1 Å². The molecule has 1 aromatic carbocycles. The lowest BCUT2D eigenvalue weighted by Crippen LogP contribution is -2.24. The Labute approximate surface area is 122 Å². The number of rotatable bonds is 5. The van der Waals surface area contributed by atoms with Gasteiger partial charge in [-0.05, 0) is 42.8 Å². The Balaban J connectivity index is 2.29. The number of alkyl halides is 3. The van der Waals surface area contributed by atoms with Crippen LogP contribution in [0.15, 0.2) is 48.7 Å². The summed E-state index contributed by atoms with van der Waals surface area (Å²) in [6, 6.07) is 10.6. The van der Waals surface area contributed by atoms with Gasteiger partial charge in [0.2, 0.25) is 0 Å². The minimum Gasteiger partial charge on any atom is -0.305 e. The molecule has 0 saturated carbocycles. The Hall–Kier alpha value is -1.88. The molecule has 1 atom stereocenters. The summed E-state index contributed by atoms with van der Waals surface area (Å²) in [5.74, 6) is 0. The zero-order chi connectivity index (χ0) is 15.3. The van der Waals surface area contributed by atoms with Crippen molar-refractivity contribution in [2.45, 2.75) is 25.6 Å². The highest BCUT2D eigenvalue weighted by Gasteiger charge is 2.30. The average molecular weight is 294 g/mol.